The monoisotopic (exact) mass is 270 g/mol. The van der Waals surface area contributed by atoms with E-state index in [0.717, 1.165) is 19.3 Å². The zero-order valence-electron chi connectivity index (χ0n) is 13.1. The first kappa shape index (κ1) is 16.4. The van der Waals surface area contributed by atoms with Crippen LogP contribution in [0.3, 0.4) is 0 Å². The van der Waals surface area contributed by atoms with Gasteiger partial charge < -0.3 is 15.4 Å². The van der Waals surface area contributed by atoms with Gasteiger partial charge in [-0.05, 0) is 40.5 Å². The van der Waals surface area contributed by atoms with Crippen molar-refractivity contribution in [1.82, 2.24) is 4.90 Å². The highest BCUT2D eigenvalue weighted by Gasteiger charge is 2.34. The number of morpholine rings is 1. The smallest absolute Gasteiger partial charge is 0.225 e. The van der Waals surface area contributed by atoms with Gasteiger partial charge in [-0.2, -0.15) is 0 Å². The maximum absolute atomic E-state index is 12.4. The van der Waals surface area contributed by atoms with Gasteiger partial charge in [-0.15, -0.1) is 0 Å². The van der Waals surface area contributed by atoms with Crippen LogP contribution >= 0.6 is 0 Å². The van der Waals surface area contributed by atoms with Crippen LogP contribution in [0.25, 0.3) is 0 Å². The third kappa shape index (κ3) is 5.49. The van der Waals surface area contributed by atoms with E-state index in [1.165, 1.54) is 0 Å². The van der Waals surface area contributed by atoms with Gasteiger partial charge in [-0.25, -0.2) is 0 Å². The standard InChI is InChI=1S/C15H30N2O2/c1-11(7-6-8-12(2)16)14(18)17-9-13(3)19-15(4,5)10-17/h11-13H,6-10,16H2,1-5H3. The van der Waals surface area contributed by atoms with E-state index < -0.39 is 0 Å². The van der Waals surface area contributed by atoms with Crippen LogP contribution in [-0.4, -0.2) is 41.6 Å². The molecule has 2 N–H and O–H groups in total. The van der Waals surface area contributed by atoms with Crippen LogP contribution in [0.5, 0.6) is 0 Å². The van der Waals surface area contributed by atoms with Crippen molar-refractivity contribution in [2.75, 3.05) is 13.1 Å². The van der Waals surface area contributed by atoms with Gasteiger partial charge in [0.2, 0.25) is 5.91 Å². The zero-order valence-corrected chi connectivity index (χ0v) is 13.1. The summed E-state index contributed by atoms with van der Waals surface area (Å²) in [5.74, 6) is 0.341. The highest BCUT2D eigenvalue weighted by atomic mass is 16.5. The number of nitrogens with zero attached hydrogens (tertiary/aromatic N) is 1. The van der Waals surface area contributed by atoms with Gasteiger partial charge in [-0.1, -0.05) is 13.3 Å². The average Bonchev–Trinajstić information content (AvgIpc) is 2.24. The molecule has 1 heterocycles. The molecule has 3 atom stereocenters. The normalized spacial score (nSPS) is 26.0. The van der Waals surface area contributed by atoms with Crippen LogP contribution in [0, 0.1) is 5.92 Å². The fourth-order valence-electron chi connectivity index (χ4n) is 2.80. The Morgan fingerprint density at radius 2 is 2.05 bits per heavy atom. The highest BCUT2D eigenvalue weighted by molar-refractivity contribution is 5.78. The Bertz CT molecular complexity index is 303. The van der Waals surface area contributed by atoms with Crippen molar-refractivity contribution in [2.45, 2.75) is 71.6 Å². The van der Waals surface area contributed by atoms with Gasteiger partial charge in [0.05, 0.1) is 11.7 Å². The molecule has 4 heteroatoms. The van der Waals surface area contributed by atoms with E-state index in [1.54, 1.807) is 0 Å². The van der Waals surface area contributed by atoms with E-state index in [-0.39, 0.29) is 29.6 Å². The number of nitrogens with two attached hydrogens (primary N) is 1. The minimum absolute atomic E-state index is 0.0832. The van der Waals surface area contributed by atoms with Crippen LogP contribution < -0.4 is 5.73 Å². The number of carbonyl (C=O) groups excluding carboxylic acids is 1. The molecular formula is C15H30N2O2. The van der Waals surface area contributed by atoms with Gasteiger partial charge in [0, 0.05) is 25.0 Å². The largest absolute Gasteiger partial charge is 0.369 e. The van der Waals surface area contributed by atoms with Crippen molar-refractivity contribution in [1.29, 1.82) is 0 Å². The van der Waals surface area contributed by atoms with Crippen LogP contribution in [0.4, 0.5) is 0 Å². The highest BCUT2D eigenvalue weighted by Crippen LogP contribution is 2.23. The number of rotatable bonds is 5. The van der Waals surface area contributed by atoms with Crippen molar-refractivity contribution >= 4 is 5.91 Å². The van der Waals surface area contributed by atoms with E-state index in [9.17, 15) is 4.79 Å². The van der Waals surface area contributed by atoms with E-state index in [1.807, 2.05) is 39.5 Å². The molecule has 0 bridgehead atoms. The number of hydrogen-bond donors (Lipinski definition) is 1. The number of carbonyl (C=O) groups is 1. The lowest BCUT2D eigenvalue weighted by Gasteiger charge is -2.42. The van der Waals surface area contributed by atoms with Crippen molar-refractivity contribution in [2.24, 2.45) is 11.7 Å². The molecule has 0 aromatic heterocycles. The summed E-state index contributed by atoms with van der Waals surface area (Å²) in [6.45, 7) is 11.6. The van der Waals surface area contributed by atoms with Crippen LogP contribution in [-0.2, 0) is 9.53 Å². The Balaban J connectivity index is 2.47. The summed E-state index contributed by atoms with van der Waals surface area (Å²) in [5.41, 5.74) is 5.50. The molecule has 1 amide bonds. The molecule has 0 aliphatic carbocycles. The van der Waals surface area contributed by atoms with Crippen LogP contribution in [0.1, 0.15) is 53.9 Å². The molecule has 0 aromatic carbocycles. The SMILES string of the molecule is CC(N)CCCC(C)C(=O)N1CC(C)OC(C)(C)C1. The Kier molecular flexibility index (Phi) is 5.81. The second kappa shape index (κ2) is 6.71. The lowest BCUT2D eigenvalue weighted by atomic mass is 9.98. The third-order valence-electron chi connectivity index (χ3n) is 3.60. The predicted molar refractivity (Wildman–Crippen MR) is 77.9 cm³/mol. The molecule has 0 aromatic rings. The summed E-state index contributed by atoms with van der Waals surface area (Å²) >= 11 is 0. The van der Waals surface area contributed by atoms with Crippen molar-refractivity contribution in [3.8, 4) is 0 Å². The minimum Gasteiger partial charge on any atom is -0.369 e. The summed E-state index contributed by atoms with van der Waals surface area (Å²) in [6.07, 6.45) is 3.05. The van der Waals surface area contributed by atoms with E-state index >= 15 is 0 Å². The maximum atomic E-state index is 12.4. The van der Waals surface area contributed by atoms with E-state index in [2.05, 4.69) is 0 Å². The number of amides is 1. The Labute approximate surface area is 117 Å². The molecule has 1 aliphatic heterocycles. The summed E-state index contributed by atoms with van der Waals surface area (Å²) in [4.78, 5) is 14.4. The van der Waals surface area contributed by atoms with Crippen molar-refractivity contribution < 1.29 is 9.53 Å². The number of ether oxygens (including phenoxy) is 1. The molecule has 4 nitrogen and oxygen atoms in total. The molecule has 1 saturated heterocycles. The van der Waals surface area contributed by atoms with Gasteiger partial charge >= 0.3 is 0 Å². The van der Waals surface area contributed by atoms with Gasteiger partial charge in [0.1, 0.15) is 0 Å². The second-order valence-corrected chi connectivity index (χ2v) is 6.72. The first-order valence-electron chi connectivity index (χ1n) is 7.43. The lowest BCUT2D eigenvalue weighted by Crippen LogP contribution is -2.54. The van der Waals surface area contributed by atoms with Gasteiger partial charge in [0.15, 0.2) is 0 Å². The Morgan fingerprint density at radius 1 is 1.42 bits per heavy atom. The lowest BCUT2D eigenvalue weighted by molar-refractivity contribution is -0.161. The average molecular weight is 270 g/mol. The molecule has 112 valence electrons. The van der Waals surface area contributed by atoms with Gasteiger partial charge in [-0.3, -0.25) is 4.79 Å². The topological polar surface area (TPSA) is 55.6 Å². The summed E-state index contributed by atoms with van der Waals surface area (Å²) in [7, 11) is 0. The molecule has 1 fully saturated rings. The molecular weight excluding hydrogens is 240 g/mol. The van der Waals surface area contributed by atoms with Crippen LogP contribution in [0.15, 0.2) is 0 Å². The zero-order chi connectivity index (χ0) is 14.6. The quantitative estimate of drug-likeness (QED) is 0.833. The molecule has 1 aliphatic rings. The minimum atomic E-state index is -0.237. The van der Waals surface area contributed by atoms with Gasteiger partial charge in [0.25, 0.3) is 0 Å². The first-order chi connectivity index (χ1) is 8.71. The first-order valence-corrected chi connectivity index (χ1v) is 7.43. The van der Waals surface area contributed by atoms with E-state index in [4.69, 9.17) is 10.5 Å². The second-order valence-electron chi connectivity index (χ2n) is 6.72. The van der Waals surface area contributed by atoms with Crippen molar-refractivity contribution in [3.05, 3.63) is 0 Å². The van der Waals surface area contributed by atoms with E-state index in [0.29, 0.717) is 13.1 Å². The summed E-state index contributed by atoms with van der Waals surface area (Å²) in [6, 6.07) is 0.227. The number of hydrogen-bond acceptors (Lipinski definition) is 3. The molecule has 3 unspecified atom stereocenters. The molecule has 1 rings (SSSR count). The maximum Gasteiger partial charge on any atom is 0.225 e. The molecule has 0 radical (unpaired) electrons. The molecule has 0 saturated carbocycles. The summed E-state index contributed by atoms with van der Waals surface area (Å²) < 4.78 is 5.84. The molecule has 0 spiro atoms. The summed E-state index contributed by atoms with van der Waals surface area (Å²) in [5, 5.41) is 0. The Morgan fingerprint density at radius 3 is 2.58 bits per heavy atom. The van der Waals surface area contributed by atoms with Crippen molar-refractivity contribution in [3.63, 3.8) is 0 Å². The predicted octanol–water partition coefficient (Wildman–Crippen LogP) is 2.17. The fraction of sp³-hybridized carbons (Fsp3) is 0.933. The molecule has 19 heavy (non-hydrogen) atoms. The van der Waals surface area contributed by atoms with Crippen LogP contribution in [0.2, 0.25) is 0 Å². The third-order valence-corrected chi connectivity index (χ3v) is 3.60. The Hall–Kier alpha value is -0.610. The fourth-order valence-corrected chi connectivity index (χ4v) is 2.80.